The standard InChI is InChI=1S/C21H23Cl2N3O4/c1-13(2)24-21(28)14(3)25(12-16-8-9-17(22)11-18(16)23)20(27)10-15-6-4-5-7-19(15)26(29)30/h4-9,11,13-14H,10,12H2,1-3H3,(H,24,28). The first kappa shape index (κ1) is 23.6. The van der Waals surface area contributed by atoms with Crippen molar-refractivity contribution < 1.29 is 14.5 Å². The Morgan fingerprint density at radius 2 is 1.77 bits per heavy atom. The quantitative estimate of drug-likeness (QED) is 0.475. The van der Waals surface area contributed by atoms with Crippen LogP contribution in [-0.2, 0) is 22.6 Å². The minimum absolute atomic E-state index is 0.0577. The highest BCUT2D eigenvalue weighted by atomic mass is 35.5. The number of hydrogen-bond acceptors (Lipinski definition) is 4. The summed E-state index contributed by atoms with van der Waals surface area (Å²) in [5.74, 6) is -0.757. The van der Waals surface area contributed by atoms with E-state index in [2.05, 4.69) is 5.32 Å². The van der Waals surface area contributed by atoms with Crippen LogP contribution in [0, 0.1) is 10.1 Å². The van der Waals surface area contributed by atoms with Gasteiger partial charge in [-0.25, -0.2) is 0 Å². The number of halogens is 2. The van der Waals surface area contributed by atoms with E-state index in [9.17, 15) is 19.7 Å². The van der Waals surface area contributed by atoms with Crippen molar-refractivity contribution in [3.8, 4) is 0 Å². The molecule has 0 fully saturated rings. The third-order valence-corrected chi connectivity index (χ3v) is 5.07. The number of carbonyl (C=O) groups is 2. The van der Waals surface area contributed by atoms with Gasteiger partial charge in [0.05, 0.1) is 11.3 Å². The second-order valence-corrected chi connectivity index (χ2v) is 8.00. The van der Waals surface area contributed by atoms with E-state index in [4.69, 9.17) is 23.2 Å². The number of nitro groups is 1. The van der Waals surface area contributed by atoms with Crippen molar-refractivity contribution in [2.24, 2.45) is 0 Å². The molecule has 0 aliphatic carbocycles. The molecule has 2 amide bonds. The van der Waals surface area contributed by atoms with Crippen molar-refractivity contribution >= 4 is 40.7 Å². The zero-order valence-electron chi connectivity index (χ0n) is 16.9. The first-order valence-electron chi connectivity index (χ1n) is 9.36. The van der Waals surface area contributed by atoms with Crippen molar-refractivity contribution in [3.05, 3.63) is 73.8 Å². The number of nitrogens with zero attached hydrogens (tertiary/aromatic N) is 2. The molecule has 9 heteroatoms. The average molecular weight is 452 g/mol. The third kappa shape index (κ3) is 6.18. The highest BCUT2D eigenvalue weighted by Gasteiger charge is 2.28. The Kier molecular flexibility index (Phi) is 8.20. The highest BCUT2D eigenvalue weighted by molar-refractivity contribution is 6.35. The minimum atomic E-state index is -0.811. The van der Waals surface area contributed by atoms with Gasteiger partial charge in [-0.05, 0) is 38.5 Å². The van der Waals surface area contributed by atoms with Crippen LogP contribution in [0.4, 0.5) is 5.69 Å². The van der Waals surface area contributed by atoms with E-state index in [1.165, 1.54) is 23.1 Å². The van der Waals surface area contributed by atoms with Crippen LogP contribution in [-0.4, -0.2) is 33.7 Å². The second-order valence-electron chi connectivity index (χ2n) is 7.16. The van der Waals surface area contributed by atoms with Gasteiger partial charge in [0, 0.05) is 34.3 Å². The van der Waals surface area contributed by atoms with Crippen LogP contribution in [0.1, 0.15) is 31.9 Å². The Morgan fingerprint density at radius 1 is 1.10 bits per heavy atom. The zero-order valence-corrected chi connectivity index (χ0v) is 18.4. The summed E-state index contributed by atoms with van der Waals surface area (Å²) in [6.45, 7) is 5.31. The molecule has 30 heavy (non-hydrogen) atoms. The summed E-state index contributed by atoms with van der Waals surface area (Å²) in [5, 5.41) is 14.9. The smallest absolute Gasteiger partial charge is 0.273 e. The molecule has 0 aromatic heterocycles. The summed E-state index contributed by atoms with van der Waals surface area (Å²) in [6, 6.07) is 10.0. The number of benzene rings is 2. The molecule has 0 spiro atoms. The van der Waals surface area contributed by atoms with Crippen LogP contribution in [0.25, 0.3) is 0 Å². The van der Waals surface area contributed by atoms with E-state index in [1.54, 1.807) is 31.2 Å². The van der Waals surface area contributed by atoms with Gasteiger partial charge in [-0.1, -0.05) is 47.5 Å². The number of hydrogen-bond donors (Lipinski definition) is 1. The molecule has 2 rings (SSSR count). The Morgan fingerprint density at radius 3 is 2.37 bits per heavy atom. The fourth-order valence-corrected chi connectivity index (χ4v) is 3.39. The number of rotatable bonds is 8. The van der Waals surface area contributed by atoms with E-state index >= 15 is 0 Å². The van der Waals surface area contributed by atoms with Crippen molar-refractivity contribution in [1.29, 1.82) is 0 Å². The molecule has 0 aliphatic heterocycles. The summed E-state index contributed by atoms with van der Waals surface area (Å²) in [7, 11) is 0. The normalized spacial score (nSPS) is 11.8. The van der Waals surface area contributed by atoms with E-state index in [1.807, 2.05) is 13.8 Å². The number of nitro benzene ring substituents is 1. The summed E-state index contributed by atoms with van der Waals surface area (Å²) in [4.78, 5) is 37.9. The van der Waals surface area contributed by atoms with Crippen LogP contribution in [0.15, 0.2) is 42.5 Å². The van der Waals surface area contributed by atoms with Gasteiger partial charge in [-0.2, -0.15) is 0 Å². The summed E-state index contributed by atoms with van der Waals surface area (Å²) < 4.78 is 0. The fourth-order valence-electron chi connectivity index (χ4n) is 2.92. The maximum Gasteiger partial charge on any atom is 0.273 e. The van der Waals surface area contributed by atoms with E-state index in [-0.39, 0.29) is 36.2 Å². The first-order valence-corrected chi connectivity index (χ1v) is 10.1. The highest BCUT2D eigenvalue weighted by Crippen LogP contribution is 2.25. The molecule has 1 unspecified atom stereocenters. The molecule has 1 atom stereocenters. The van der Waals surface area contributed by atoms with E-state index in [0.717, 1.165) is 0 Å². The molecule has 0 aliphatic rings. The Bertz CT molecular complexity index is 950. The van der Waals surface area contributed by atoms with Crippen molar-refractivity contribution in [2.75, 3.05) is 0 Å². The Hall–Kier alpha value is -2.64. The topological polar surface area (TPSA) is 92.6 Å². The Balaban J connectivity index is 2.35. The van der Waals surface area contributed by atoms with Crippen LogP contribution >= 0.6 is 23.2 Å². The van der Waals surface area contributed by atoms with Crippen molar-refractivity contribution in [1.82, 2.24) is 10.2 Å². The number of nitrogens with one attached hydrogen (secondary N) is 1. The molecule has 0 saturated heterocycles. The fraction of sp³-hybridized carbons (Fsp3) is 0.333. The molecular formula is C21H23Cl2N3O4. The summed E-state index contributed by atoms with van der Waals surface area (Å²) in [6.07, 6.45) is -0.221. The predicted molar refractivity (Wildman–Crippen MR) is 117 cm³/mol. The molecule has 0 saturated carbocycles. The van der Waals surface area contributed by atoms with Gasteiger partial charge in [0.2, 0.25) is 11.8 Å². The summed E-state index contributed by atoms with van der Waals surface area (Å²) in [5.41, 5.74) is 0.743. The lowest BCUT2D eigenvalue weighted by molar-refractivity contribution is -0.385. The van der Waals surface area contributed by atoms with Crippen LogP contribution in [0.2, 0.25) is 10.0 Å². The van der Waals surface area contributed by atoms with Gasteiger partial charge in [0.25, 0.3) is 5.69 Å². The van der Waals surface area contributed by atoms with Gasteiger partial charge in [-0.3, -0.25) is 19.7 Å². The van der Waals surface area contributed by atoms with Crippen molar-refractivity contribution in [3.63, 3.8) is 0 Å². The number of carbonyl (C=O) groups excluding carboxylic acids is 2. The summed E-state index contributed by atoms with van der Waals surface area (Å²) >= 11 is 12.2. The lowest BCUT2D eigenvalue weighted by atomic mass is 10.1. The second kappa shape index (κ2) is 10.4. The van der Waals surface area contributed by atoms with Gasteiger partial charge < -0.3 is 10.2 Å². The van der Waals surface area contributed by atoms with Crippen LogP contribution in [0.5, 0.6) is 0 Å². The van der Waals surface area contributed by atoms with Gasteiger partial charge in [-0.15, -0.1) is 0 Å². The SMILES string of the molecule is CC(C)NC(=O)C(C)N(Cc1ccc(Cl)cc1Cl)C(=O)Cc1ccccc1[N+](=O)[O-]. The van der Waals surface area contributed by atoms with Crippen molar-refractivity contribution in [2.45, 2.75) is 45.8 Å². The molecule has 2 aromatic carbocycles. The lowest BCUT2D eigenvalue weighted by Crippen LogP contribution is -2.49. The molecule has 7 nitrogen and oxygen atoms in total. The number of amides is 2. The molecule has 0 heterocycles. The Labute approximate surface area is 185 Å². The molecule has 0 bridgehead atoms. The van der Waals surface area contributed by atoms with Crippen LogP contribution < -0.4 is 5.32 Å². The monoisotopic (exact) mass is 451 g/mol. The molecular weight excluding hydrogens is 429 g/mol. The third-order valence-electron chi connectivity index (χ3n) is 4.48. The molecule has 1 N–H and O–H groups in total. The number of para-hydroxylation sites is 1. The van der Waals surface area contributed by atoms with E-state index in [0.29, 0.717) is 15.6 Å². The van der Waals surface area contributed by atoms with Crippen LogP contribution in [0.3, 0.4) is 0 Å². The first-order chi connectivity index (χ1) is 14.1. The average Bonchev–Trinajstić information content (AvgIpc) is 2.66. The molecule has 0 radical (unpaired) electrons. The minimum Gasteiger partial charge on any atom is -0.352 e. The largest absolute Gasteiger partial charge is 0.352 e. The van der Waals surface area contributed by atoms with Gasteiger partial charge in [0.15, 0.2) is 0 Å². The zero-order chi connectivity index (χ0) is 22.4. The molecule has 160 valence electrons. The van der Waals surface area contributed by atoms with Gasteiger partial charge >= 0.3 is 0 Å². The van der Waals surface area contributed by atoms with E-state index < -0.39 is 16.9 Å². The molecule has 2 aromatic rings. The van der Waals surface area contributed by atoms with Gasteiger partial charge in [0.1, 0.15) is 6.04 Å². The predicted octanol–water partition coefficient (Wildman–Crippen LogP) is 4.39. The lowest BCUT2D eigenvalue weighted by Gasteiger charge is -2.29. The maximum atomic E-state index is 13.2. The maximum absolute atomic E-state index is 13.2.